The fraction of sp³-hybridized carbons (Fsp3) is 0.0714. The van der Waals surface area contributed by atoms with Gasteiger partial charge >= 0.3 is 0 Å². The summed E-state index contributed by atoms with van der Waals surface area (Å²) in [5.74, 6) is 0.689. The van der Waals surface area contributed by atoms with Crippen molar-refractivity contribution in [3.8, 4) is 10.4 Å². The highest BCUT2D eigenvalue weighted by atomic mass is 35.5. The van der Waals surface area contributed by atoms with Crippen LogP contribution in [0, 0.1) is 6.92 Å². The van der Waals surface area contributed by atoms with E-state index < -0.39 is 10.0 Å². The predicted molar refractivity (Wildman–Crippen MR) is 86.8 cm³/mol. The maximum atomic E-state index is 12.3. The van der Waals surface area contributed by atoms with Gasteiger partial charge in [0.2, 0.25) is 0 Å². The van der Waals surface area contributed by atoms with Gasteiger partial charge in [-0.25, -0.2) is 8.42 Å². The standard InChI is InChI=1S/C14H11ClN2O3S2/c1-9-8-14(16-20-9)17-22(18,19)11-4-2-10(3-5-11)12-6-7-13(15)21-12/h2-8H,1H3,(H,16,17). The Hall–Kier alpha value is -1.83. The largest absolute Gasteiger partial charge is 0.360 e. The van der Waals surface area contributed by atoms with Crippen molar-refractivity contribution in [2.75, 3.05) is 4.72 Å². The molecule has 3 rings (SSSR count). The van der Waals surface area contributed by atoms with Crippen LogP contribution in [0.2, 0.25) is 4.34 Å². The highest BCUT2D eigenvalue weighted by molar-refractivity contribution is 7.92. The smallest absolute Gasteiger partial charge is 0.263 e. The third kappa shape index (κ3) is 3.16. The Kier molecular flexibility index (Phi) is 3.94. The van der Waals surface area contributed by atoms with Gasteiger partial charge in [-0.15, -0.1) is 11.3 Å². The van der Waals surface area contributed by atoms with Crippen molar-refractivity contribution in [2.45, 2.75) is 11.8 Å². The Morgan fingerprint density at radius 2 is 1.91 bits per heavy atom. The van der Waals surface area contributed by atoms with Crippen molar-refractivity contribution in [1.29, 1.82) is 0 Å². The van der Waals surface area contributed by atoms with Gasteiger partial charge in [0.05, 0.1) is 9.23 Å². The maximum absolute atomic E-state index is 12.3. The summed E-state index contributed by atoms with van der Waals surface area (Å²) in [6.07, 6.45) is 0. The minimum Gasteiger partial charge on any atom is -0.360 e. The molecule has 114 valence electrons. The molecule has 2 heterocycles. The molecule has 0 saturated heterocycles. The summed E-state index contributed by atoms with van der Waals surface area (Å²) >= 11 is 7.34. The molecule has 0 spiro atoms. The SMILES string of the molecule is Cc1cc(NS(=O)(=O)c2ccc(-c3ccc(Cl)s3)cc2)no1. The molecule has 0 radical (unpaired) electrons. The van der Waals surface area contributed by atoms with E-state index in [0.717, 1.165) is 10.4 Å². The normalized spacial score (nSPS) is 11.5. The number of benzene rings is 1. The molecule has 8 heteroatoms. The number of hydrogen-bond donors (Lipinski definition) is 1. The molecule has 0 saturated carbocycles. The van der Waals surface area contributed by atoms with Crippen LogP contribution >= 0.6 is 22.9 Å². The van der Waals surface area contributed by atoms with Crippen LogP contribution < -0.4 is 4.72 Å². The zero-order valence-corrected chi connectivity index (χ0v) is 13.8. The molecular weight excluding hydrogens is 344 g/mol. The van der Waals surface area contributed by atoms with E-state index in [1.54, 1.807) is 25.1 Å². The average Bonchev–Trinajstić information content (AvgIpc) is 3.07. The fourth-order valence-electron chi connectivity index (χ4n) is 1.88. The number of halogens is 1. The number of anilines is 1. The second kappa shape index (κ2) is 5.75. The Bertz CT molecular complexity index is 898. The van der Waals surface area contributed by atoms with E-state index in [4.69, 9.17) is 16.1 Å². The molecule has 0 amide bonds. The average molecular weight is 355 g/mol. The van der Waals surface area contributed by atoms with Crippen LogP contribution in [0.15, 0.2) is 51.9 Å². The highest BCUT2D eigenvalue weighted by Gasteiger charge is 2.16. The van der Waals surface area contributed by atoms with Crippen molar-refractivity contribution in [3.63, 3.8) is 0 Å². The summed E-state index contributed by atoms with van der Waals surface area (Å²) < 4.78 is 32.4. The van der Waals surface area contributed by atoms with Gasteiger partial charge < -0.3 is 4.52 Å². The van der Waals surface area contributed by atoms with E-state index >= 15 is 0 Å². The fourth-order valence-corrected chi connectivity index (χ4v) is 3.91. The second-order valence-electron chi connectivity index (χ2n) is 4.56. The van der Waals surface area contributed by atoms with Crippen LogP contribution in [0.1, 0.15) is 5.76 Å². The summed E-state index contributed by atoms with van der Waals surface area (Å²) in [5, 5.41) is 3.62. The Labute approximate surface area is 136 Å². The monoisotopic (exact) mass is 354 g/mol. The third-order valence-corrected chi connectivity index (χ3v) is 5.54. The topological polar surface area (TPSA) is 72.2 Å². The predicted octanol–water partition coefficient (Wildman–Crippen LogP) is 4.17. The molecule has 3 aromatic rings. The van der Waals surface area contributed by atoms with Gasteiger partial charge in [0.25, 0.3) is 10.0 Å². The van der Waals surface area contributed by atoms with E-state index in [1.165, 1.54) is 29.5 Å². The Balaban J connectivity index is 1.85. The van der Waals surface area contributed by atoms with E-state index in [1.807, 2.05) is 6.07 Å². The maximum Gasteiger partial charge on any atom is 0.263 e. The van der Waals surface area contributed by atoms with Crippen LogP contribution in [-0.4, -0.2) is 13.6 Å². The van der Waals surface area contributed by atoms with Crippen molar-refractivity contribution in [1.82, 2.24) is 5.16 Å². The summed E-state index contributed by atoms with van der Waals surface area (Å²) in [6.45, 7) is 1.69. The van der Waals surface area contributed by atoms with Crippen LogP contribution in [0.4, 0.5) is 5.82 Å². The lowest BCUT2D eigenvalue weighted by atomic mass is 10.2. The molecule has 2 aromatic heterocycles. The first-order valence-electron chi connectivity index (χ1n) is 6.26. The molecule has 22 heavy (non-hydrogen) atoms. The Morgan fingerprint density at radius 3 is 2.45 bits per heavy atom. The van der Waals surface area contributed by atoms with Gasteiger partial charge in [0.15, 0.2) is 5.82 Å². The number of thiophene rings is 1. The molecule has 1 aromatic carbocycles. The zero-order valence-electron chi connectivity index (χ0n) is 11.4. The molecule has 0 aliphatic rings. The van der Waals surface area contributed by atoms with Gasteiger partial charge in [-0.1, -0.05) is 28.9 Å². The first kappa shape index (κ1) is 15.1. The number of sulfonamides is 1. The number of aromatic nitrogens is 1. The van der Waals surface area contributed by atoms with Crippen LogP contribution in [0.3, 0.4) is 0 Å². The van der Waals surface area contributed by atoms with Gasteiger partial charge in [-0.2, -0.15) is 0 Å². The van der Waals surface area contributed by atoms with Crippen molar-refractivity contribution in [3.05, 3.63) is 52.6 Å². The lowest BCUT2D eigenvalue weighted by molar-refractivity contribution is 0.400. The van der Waals surface area contributed by atoms with Crippen molar-refractivity contribution in [2.24, 2.45) is 0 Å². The van der Waals surface area contributed by atoms with Gasteiger partial charge in [0, 0.05) is 10.9 Å². The van der Waals surface area contributed by atoms with Crippen LogP contribution in [-0.2, 0) is 10.0 Å². The first-order valence-corrected chi connectivity index (χ1v) is 8.94. The summed E-state index contributed by atoms with van der Waals surface area (Å²) in [4.78, 5) is 1.13. The lowest BCUT2D eigenvalue weighted by Crippen LogP contribution is -2.12. The summed E-state index contributed by atoms with van der Waals surface area (Å²) in [6, 6.07) is 11.8. The van der Waals surface area contributed by atoms with E-state index in [0.29, 0.717) is 10.1 Å². The van der Waals surface area contributed by atoms with E-state index in [9.17, 15) is 8.42 Å². The Morgan fingerprint density at radius 1 is 1.18 bits per heavy atom. The summed E-state index contributed by atoms with van der Waals surface area (Å²) in [5.41, 5.74) is 0.910. The molecule has 0 unspecified atom stereocenters. The lowest BCUT2D eigenvalue weighted by Gasteiger charge is -2.05. The quantitative estimate of drug-likeness (QED) is 0.763. The van der Waals surface area contributed by atoms with Gasteiger partial charge in [-0.05, 0) is 36.8 Å². The molecule has 0 fully saturated rings. The van der Waals surface area contributed by atoms with Crippen LogP contribution in [0.5, 0.6) is 0 Å². The number of aryl methyl sites for hydroxylation is 1. The minimum absolute atomic E-state index is 0.152. The molecular formula is C14H11ClN2O3S2. The molecule has 0 bridgehead atoms. The third-order valence-electron chi connectivity index (χ3n) is 2.89. The first-order chi connectivity index (χ1) is 10.4. The summed E-state index contributed by atoms with van der Waals surface area (Å²) in [7, 11) is -3.69. The van der Waals surface area contributed by atoms with Gasteiger partial charge in [-0.3, -0.25) is 4.72 Å². The molecule has 0 aliphatic carbocycles. The van der Waals surface area contributed by atoms with Gasteiger partial charge in [0.1, 0.15) is 5.76 Å². The van der Waals surface area contributed by atoms with Crippen LogP contribution in [0.25, 0.3) is 10.4 Å². The molecule has 5 nitrogen and oxygen atoms in total. The zero-order chi connectivity index (χ0) is 15.7. The van der Waals surface area contributed by atoms with E-state index in [-0.39, 0.29) is 10.7 Å². The van der Waals surface area contributed by atoms with Crippen molar-refractivity contribution < 1.29 is 12.9 Å². The molecule has 1 N–H and O–H groups in total. The molecule has 0 aliphatic heterocycles. The number of rotatable bonds is 4. The van der Waals surface area contributed by atoms with E-state index in [2.05, 4.69) is 9.88 Å². The number of hydrogen-bond acceptors (Lipinski definition) is 5. The highest BCUT2D eigenvalue weighted by Crippen LogP contribution is 2.31. The second-order valence-corrected chi connectivity index (χ2v) is 7.95. The number of nitrogens with zero attached hydrogens (tertiary/aromatic N) is 1. The number of nitrogens with one attached hydrogen (secondary N) is 1. The van der Waals surface area contributed by atoms with Crippen molar-refractivity contribution >= 4 is 38.8 Å². The minimum atomic E-state index is -3.69. The molecule has 0 atom stereocenters.